The topological polar surface area (TPSA) is 78.5 Å². The Morgan fingerprint density at radius 2 is 1.51 bits per heavy atom. The van der Waals surface area contributed by atoms with Gasteiger partial charge < -0.3 is 15.5 Å². The van der Waals surface area contributed by atoms with Gasteiger partial charge in [0, 0.05) is 36.3 Å². The zero-order valence-electron chi connectivity index (χ0n) is 21.7. The molecule has 3 atom stereocenters. The van der Waals surface area contributed by atoms with Crippen LogP contribution in [0.15, 0.2) is 48.5 Å². The molecule has 7 heteroatoms. The third-order valence-electron chi connectivity index (χ3n) is 7.62. The van der Waals surface area contributed by atoms with Crippen LogP contribution in [0.2, 0.25) is 0 Å². The number of unbranched alkanes of at least 4 members (excludes halogenated alkanes) is 1. The number of likely N-dealkylation sites (tertiary alicyclic amines) is 1. The molecule has 1 aliphatic heterocycles. The van der Waals surface area contributed by atoms with Crippen molar-refractivity contribution < 1.29 is 18.8 Å². The summed E-state index contributed by atoms with van der Waals surface area (Å²) in [6, 6.07) is 13.0. The van der Waals surface area contributed by atoms with Gasteiger partial charge in [0.05, 0.1) is 5.92 Å². The lowest BCUT2D eigenvalue weighted by Gasteiger charge is -2.36. The summed E-state index contributed by atoms with van der Waals surface area (Å²) in [6.45, 7) is 3.22. The molecule has 37 heavy (non-hydrogen) atoms. The summed E-state index contributed by atoms with van der Waals surface area (Å²) < 4.78 is 13.2. The van der Waals surface area contributed by atoms with Crippen LogP contribution < -0.4 is 10.6 Å². The van der Waals surface area contributed by atoms with Crippen LogP contribution in [-0.4, -0.2) is 47.8 Å². The van der Waals surface area contributed by atoms with Gasteiger partial charge in [0.2, 0.25) is 5.91 Å². The Hall–Kier alpha value is -3.22. The average Bonchev–Trinajstić information content (AvgIpc) is 2.93. The molecule has 1 aliphatic carbocycles. The number of nitrogens with one attached hydrogen (secondary N) is 2. The van der Waals surface area contributed by atoms with Crippen molar-refractivity contribution in [2.75, 3.05) is 13.1 Å². The number of benzene rings is 2. The second-order valence-electron chi connectivity index (χ2n) is 10.4. The van der Waals surface area contributed by atoms with Gasteiger partial charge in [-0.25, -0.2) is 4.39 Å². The quantitative estimate of drug-likeness (QED) is 0.535. The Bertz CT molecular complexity index is 1070. The van der Waals surface area contributed by atoms with Crippen LogP contribution in [0.1, 0.15) is 84.6 Å². The number of piperidine rings is 1. The van der Waals surface area contributed by atoms with Gasteiger partial charge in [-0.1, -0.05) is 38.3 Å². The van der Waals surface area contributed by atoms with Crippen molar-refractivity contribution in [2.24, 2.45) is 5.92 Å². The molecule has 2 aromatic rings. The van der Waals surface area contributed by atoms with E-state index in [0.29, 0.717) is 24.2 Å². The van der Waals surface area contributed by atoms with Crippen LogP contribution in [0.3, 0.4) is 0 Å². The predicted molar refractivity (Wildman–Crippen MR) is 142 cm³/mol. The summed E-state index contributed by atoms with van der Waals surface area (Å²) >= 11 is 0. The van der Waals surface area contributed by atoms with Gasteiger partial charge >= 0.3 is 0 Å². The van der Waals surface area contributed by atoms with Crippen molar-refractivity contribution in [1.82, 2.24) is 15.5 Å². The van der Waals surface area contributed by atoms with Gasteiger partial charge in [-0.3, -0.25) is 14.4 Å². The molecule has 0 unspecified atom stereocenters. The fourth-order valence-corrected chi connectivity index (χ4v) is 5.38. The molecule has 4 rings (SSSR count). The Kier molecular flexibility index (Phi) is 9.31. The van der Waals surface area contributed by atoms with E-state index in [1.807, 2.05) is 24.3 Å². The molecule has 1 heterocycles. The molecule has 0 radical (unpaired) electrons. The van der Waals surface area contributed by atoms with E-state index in [2.05, 4.69) is 17.6 Å². The van der Waals surface area contributed by atoms with Crippen LogP contribution in [0.25, 0.3) is 0 Å². The van der Waals surface area contributed by atoms with Gasteiger partial charge in [-0.2, -0.15) is 0 Å². The number of aryl methyl sites for hydroxylation is 1. The molecule has 2 N–H and O–H groups in total. The summed E-state index contributed by atoms with van der Waals surface area (Å²) in [5.41, 5.74) is 2.30. The first kappa shape index (κ1) is 26.8. The minimum atomic E-state index is -0.386. The maximum absolute atomic E-state index is 13.3. The molecule has 6 nitrogen and oxygen atoms in total. The number of hydrogen-bond acceptors (Lipinski definition) is 3. The van der Waals surface area contributed by atoms with E-state index in [4.69, 9.17) is 0 Å². The number of nitrogens with zero attached hydrogens (tertiary/aromatic N) is 1. The van der Waals surface area contributed by atoms with Crippen molar-refractivity contribution in [1.29, 1.82) is 0 Å². The summed E-state index contributed by atoms with van der Waals surface area (Å²) in [5, 5.41) is 6.22. The van der Waals surface area contributed by atoms with Crippen LogP contribution in [-0.2, 0) is 11.2 Å². The Morgan fingerprint density at radius 1 is 0.865 bits per heavy atom. The van der Waals surface area contributed by atoms with E-state index < -0.39 is 0 Å². The molecule has 2 aliphatic rings. The lowest BCUT2D eigenvalue weighted by atomic mass is 9.88. The van der Waals surface area contributed by atoms with Gasteiger partial charge in [-0.05, 0) is 80.5 Å². The summed E-state index contributed by atoms with van der Waals surface area (Å²) in [4.78, 5) is 40.9. The molecule has 1 saturated heterocycles. The van der Waals surface area contributed by atoms with Crippen LogP contribution >= 0.6 is 0 Å². The maximum atomic E-state index is 13.3. The second kappa shape index (κ2) is 12.8. The molecule has 2 fully saturated rings. The van der Waals surface area contributed by atoms with E-state index in [0.717, 1.165) is 57.8 Å². The first-order chi connectivity index (χ1) is 17.9. The summed E-state index contributed by atoms with van der Waals surface area (Å²) in [7, 11) is 0. The van der Waals surface area contributed by atoms with Crippen LogP contribution in [0, 0.1) is 11.7 Å². The first-order valence-electron chi connectivity index (χ1n) is 13.7. The van der Waals surface area contributed by atoms with Crippen LogP contribution in [0.5, 0.6) is 0 Å². The van der Waals surface area contributed by atoms with Crippen molar-refractivity contribution in [3.63, 3.8) is 0 Å². The standard InChI is InChI=1S/C30H38FN3O3/c1-2-3-7-21-11-13-23(14-12-21)30(37)34-19-6-8-24(20-34)29(36)33-27-10-5-4-9-26(27)32-28(35)22-15-17-25(31)18-16-22/h11-18,24,26-27H,2-10,19-20H2,1H3,(H,32,35)(H,33,36)/t24-,26+,27+/m0/s1. The largest absolute Gasteiger partial charge is 0.351 e. The Labute approximate surface area is 219 Å². The van der Waals surface area contributed by atoms with Crippen molar-refractivity contribution in [3.8, 4) is 0 Å². The number of halogens is 1. The minimum Gasteiger partial charge on any atom is -0.351 e. The highest BCUT2D eigenvalue weighted by molar-refractivity contribution is 5.95. The minimum absolute atomic E-state index is 0.0263. The average molecular weight is 508 g/mol. The number of carbonyl (C=O) groups is 3. The molecule has 0 spiro atoms. The summed E-state index contributed by atoms with van der Waals surface area (Å²) in [6.07, 6.45) is 8.35. The van der Waals surface area contributed by atoms with E-state index >= 15 is 0 Å². The maximum Gasteiger partial charge on any atom is 0.253 e. The lowest BCUT2D eigenvalue weighted by Crippen LogP contribution is -2.55. The third kappa shape index (κ3) is 7.18. The highest BCUT2D eigenvalue weighted by Gasteiger charge is 2.33. The monoisotopic (exact) mass is 507 g/mol. The van der Waals surface area contributed by atoms with Gasteiger partial charge in [0.25, 0.3) is 11.8 Å². The zero-order valence-corrected chi connectivity index (χ0v) is 21.7. The van der Waals surface area contributed by atoms with Gasteiger partial charge in [-0.15, -0.1) is 0 Å². The molecular formula is C30H38FN3O3. The number of hydrogen-bond donors (Lipinski definition) is 2. The number of amides is 3. The molecule has 2 aromatic carbocycles. The molecule has 0 bridgehead atoms. The smallest absolute Gasteiger partial charge is 0.253 e. The Morgan fingerprint density at radius 3 is 2.19 bits per heavy atom. The van der Waals surface area contributed by atoms with E-state index in [-0.39, 0.29) is 41.5 Å². The normalized spacial score (nSPS) is 21.8. The second-order valence-corrected chi connectivity index (χ2v) is 10.4. The fourth-order valence-electron chi connectivity index (χ4n) is 5.38. The zero-order chi connectivity index (χ0) is 26.2. The van der Waals surface area contributed by atoms with E-state index in [1.165, 1.54) is 29.8 Å². The molecular weight excluding hydrogens is 469 g/mol. The highest BCUT2D eigenvalue weighted by atomic mass is 19.1. The number of rotatable bonds is 8. The fraction of sp³-hybridized carbons (Fsp3) is 0.500. The first-order valence-corrected chi connectivity index (χ1v) is 13.7. The predicted octanol–water partition coefficient (Wildman–Crippen LogP) is 4.88. The number of carbonyl (C=O) groups excluding carboxylic acids is 3. The van der Waals surface area contributed by atoms with E-state index in [1.54, 1.807) is 4.90 Å². The van der Waals surface area contributed by atoms with Crippen LogP contribution in [0.4, 0.5) is 4.39 Å². The summed E-state index contributed by atoms with van der Waals surface area (Å²) in [5.74, 6) is -0.997. The molecule has 198 valence electrons. The van der Waals surface area contributed by atoms with Crippen molar-refractivity contribution >= 4 is 17.7 Å². The molecule has 1 saturated carbocycles. The van der Waals surface area contributed by atoms with Crippen molar-refractivity contribution in [3.05, 3.63) is 71.0 Å². The Balaban J connectivity index is 1.33. The van der Waals surface area contributed by atoms with Crippen molar-refractivity contribution in [2.45, 2.75) is 76.8 Å². The highest BCUT2D eigenvalue weighted by Crippen LogP contribution is 2.23. The van der Waals surface area contributed by atoms with Gasteiger partial charge in [0.1, 0.15) is 5.82 Å². The van der Waals surface area contributed by atoms with Gasteiger partial charge in [0.15, 0.2) is 0 Å². The molecule has 3 amide bonds. The third-order valence-corrected chi connectivity index (χ3v) is 7.62. The molecule has 0 aromatic heterocycles. The lowest BCUT2D eigenvalue weighted by molar-refractivity contribution is -0.127. The SMILES string of the molecule is CCCCc1ccc(C(=O)N2CCC[C@H](C(=O)N[C@@H]3CCCC[C@H]3NC(=O)c3ccc(F)cc3)C2)cc1. The van der Waals surface area contributed by atoms with E-state index in [9.17, 15) is 18.8 Å².